The summed E-state index contributed by atoms with van der Waals surface area (Å²) in [7, 11) is -3.79. The summed E-state index contributed by atoms with van der Waals surface area (Å²) in [4.78, 5) is 4.79. The van der Waals surface area contributed by atoms with Crippen LogP contribution in [0.1, 0.15) is 36.3 Å². The Morgan fingerprint density at radius 2 is 1.69 bits per heavy atom. The molecular formula is C30H32N2O6S. The fourth-order valence-electron chi connectivity index (χ4n) is 4.72. The van der Waals surface area contributed by atoms with Crippen molar-refractivity contribution in [3.8, 4) is 22.6 Å². The van der Waals surface area contributed by atoms with Gasteiger partial charge in [0, 0.05) is 50.2 Å². The lowest BCUT2D eigenvalue weighted by molar-refractivity contribution is -0.0680. The van der Waals surface area contributed by atoms with Gasteiger partial charge < -0.3 is 19.0 Å². The first-order chi connectivity index (χ1) is 18.8. The third kappa shape index (κ3) is 6.63. The SMILES string of the molecule is NS(=O)(=O)c1ccc(-c2oc(CCCOCc3cccc(C4(O)CCOCC4)c3)nc2-c2ccccc2)cc1. The second kappa shape index (κ2) is 11.8. The Labute approximate surface area is 228 Å². The molecule has 3 aromatic carbocycles. The fraction of sp³-hybridized carbons (Fsp3) is 0.300. The van der Waals surface area contributed by atoms with Crippen molar-refractivity contribution in [3.63, 3.8) is 0 Å². The molecular weight excluding hydrogens is 516 g/mol. The minimum atomic E-state index is -3.79. The molecule has 9 heteroatoms. The summed E-state index contributed by atoms with van der Waals surface area (Å²) in [6, 6.07) is 23.9. The topological polar surface area (TPSA) is 125 Å². The number of sulfonamides is 1. The van der Waals surface area contributed by atoms with E-state index in [-0.39, 0.29) is 4.90 Å². The zero-order valence-corrected chi connectivity index (χ0v) is 22.4. The highest BCUT2D eigenvalue weighted by Gasteiger charge is 2.31. The molecule has 204 valence electrons. The van der Waals surface area contributed by atoms with Crippen LogP contribution in [0.4, 0.5) is 0 Å². The molecule has 0 unspecified atom stereocenters. The number of rotatable bonds is 10. The third-order valence-corrected chi connectivity index (χ3v) is 7.83. The van der Waals surface area contributed by atoms with Gasteiger partial charge in [0.1, 0.15) is 5.69 Å². The molecule has 0 bridgehead atoms. The Morgan fingerprint density at radius 1 is 0.949 bits per heavy atom. The zero-order valence-electron chi connectivity index (χ0n) is 21.6. The summed E-state index contributed by atoms with van der Waals surface area (Å²) in [5.41, 5.74) is 3.39. The number of nitrogens with zero attached hydrogens (tertiary/aromatic N) is 1. The van der Waals surface area contributed by atoms with Crippen molar-refractivity contribution in [1.82, 2.24) is 4.98 Å². The van der Waals surface area contributed by atoms with Gasteiger partial charge in [0.05, 0.1) is 17.1 Å². The van der Waals surface area contributed by atoms with Crippen molar-refractivity contribution < 1.29 is 27.4 Å². The number of hydrogen-bond acceptors (Lipinski definition) is 7. The van der Waals surface area contributed by atoms with E-state index in [1.165, 1.54) is 12.1 Å². The Balaban J connectivity index is 1.23. The van der Waals surface area contributed by atoms with Gasteiger partial charge in [-0.2, -0.15) is 0 Å². The van der Waals surface area contributed by atoms with Gasteiger partial charge in [-0.1, -0.05) is 54.6 Å². The van der Waals surface area contributed by atoms with Gasteiger partial charge in [-0.25, -0.2) is 18.5 Å². The second-order valence-electron chi connectivity index (χ2n) is 9.72. The maximum Gasteiger partial charge on any atom is 0.238 e. The Hall–Kier alpha value is -3.34. The van der Waals surface area contributed by atoms with Crippen molar-refractivity contribution in [1.29, 1.82) is 0 Å². The average molecular weight is 549 g/mol. The standard InChI is InChI=1S/C30H32N2O6S/c31-39(34,35)26-13-11-24(12-14-26)29-28(23-7-2-1-3-8-23)32-27(38-29)10-5-17-37-21-22-6-4-9-25(20-22)30(33)15-18-36-19-16-30/h1-4,6-9,11-14,20,33H,5,10,15-19,21H2,(H2,31,34,35). The van der Waals surface area contributed by atoms with E-state index in [1.807, 2.05) is 54.6 Å². The molecule has 0 aliphatic carbocycles. The lowest BCUT2D eigenvalue weighted by Gasteiger charge is -2.32. The van der Waals surface area contributed by atoms with Crippen LogP contribution in [0.3, 0.4) is 0 Å². The minimum Gasteiger partial charge on any atom is -0.440 e. The second-order valence-corrected chi connectivity index (χ2v) is 11.3. The normalized spacial score (nSPS) is 15.3. The molecule has 5 rings (SSSR count). The Morgan fingerprint density at radius 3 is 2.41 bits per heavy atom. The van der Waals surface area contributed by atoms with E-state index in [0.717, 1.165) is 16.7 Å². The molecule has 1 aliphatic rings. The quantitative estimate of drug-likeness (QED) is 0.273. The van der Waals surface area contributed by atoms with Crippen molar-refractivity contribution in [2.75, 3.05) is 19.8 Å². The van der Waals surface area contributed by atoms with Gasteiger partial charge in [-0.3, -0.25) is 0 Å². The summed E-state index contributed by atoms with van der Waals surface area (Å²) in [5, 5.41) is 16.2. The first-order valence-electron chi connectivity index (χ1n) is 13.0. The molecule has 39 heavy (non-hydrogen) atoms. The van der Waals surface area contributed by atoms with Crippen LogP contribution in [0.5, 0.6) is 0 Å². The number of ether oxygens (including phenoxy) is 2. The lowest BCUT2D eigenvalue weighted by Crippen LogP contribution is -2.33. The van der Waals surface area contributed by atoms with Crippen LogP contribution in [-0.2, 0) is 38.1 Å². The van der Waals surface area contributed by atoms with Gasteiger partial charge in [0.2, 0.25) is 10.0 Å². The van der Waals surface area contributed by atoms with Crippen LogP contribution in [0.15, 0.2) is 88.2 Å². The van der Waals surface area contributed by atoms with Gasteiger partial charge >= 0.3 is 0 Å². The number of aliphatic hydroxyl groups is 1. The largest absolute Gasteiger partial charge is 0.440 e. The Kier molecular flexibility index (Phi) is 8.25. The first kappa shape index (κ1) is 27.2. The smallest absolute Gasteiger partial charge is 0.238 e. The van der Waals surface area contributed by atoms with Crippen LogP contribution < -0.4 is 5.14 Å². The van der Waals surface area contributed by atoms with Crippen molar-refractivity contribution in [2.45, 2.75) is 42.8 Å². The van der Waals surface area contributed by atoms with Gasteiger partial charge in [-0.15, -0.1) is 0 Å². The highest BCUT2D eigenvalue weighted by atomic mass is 32.2. The van der Waals surface area contributed by atoms with Gasteiger partial charge in [-0.05, 0) is 41.8 Å². The van der Waals surface area contributed by atoms with Crippen molar-refractivity contribution >= 4 is 10.0 Å². The van der Waals surface area contributed by atoms with E-state index >= 15 is 0 Å². The molecule has 4 aromatic rings. The molecule has 0 amide bonds. The summed E-state index contributed by atoms with van der Waals surface area (Å²) in [5.74, 6) is 1.15. The van der Waals surface area contributed by atoms with Crippen molar-refractivity contribution in [3.05, 3.63) is 95.9 Å². The highest BCUT2D eigenvalue weighted by Crippen LogP contribution is 2.34. The van der Waals surface area contributed by atoms with Crippen LogP contribution in [0.25, 0.3) is 22.6 Å². The van der Waals surface area contributed by atoms with Gasteiger partial charge in [0.15, 0.2) is 11.7 Å². The maximum absolute atomic E-state index is 11.7. The number of aromatic nitrogens is 1. The number of primary sulfonamides is 1. The highest BCUT2D eigenvalue weighted by molar-refractivity contribution is 7.89. The van der Waals surface area contributed by atoms with Crippen LogP contribution in [0.2, 0.25) is 0 Å². The predicted molar refractivity (Wildman–Crippen MR) is 147 cm³/mol. The molecule has 2 heterocycles. The summed E-state index contributed by atoms with van der Waals surface area (Å²) in [6.07, 6.45) is 2.47. The summed E-state index contributed by atoms with van der Waals surface area (Å²) < 4.78 is 40.8. The number of hydrogen-bond donors (Lipinski definition) is 2. The minimum absolute atomic E-state index is 0.0388. The lowest BCUT2D eigenvalue weighted by atomic mass is 9.86. The van der Waals surface area contributed by atoms with E-state index in [4.69, 9.17) is 24.0 Å². The van der Waals surface area contributed by atoms with E-state index < -0.39 is 15.6 Å². The number of benzene rings is 3. The van der Waals surface area contributed by atoms with Crippen LogP contribution in [0, 0.1) is 0 Å². The molecule has 1 saturated heterocycles. The monoisotopic (exact) mass is 548 g/mol. The van der Waals surface area contributed by atoms with Crippen LogP contribution in [-0.4, -0.2) is 38.3 Å². The van der Waals surface area contributed by atoms with E-state index in [0.29, 0.717) is 75.0 Å². The molecule has 0 spiro atoms. The maximum atomic E-state index is 11.7. The van der Waals surface area contributed by atoms with Crippen LogP contribution >= 0.6 is 0 Å². The fourth-order valence-corrected chi connectivity index (χ4v) is 5.23. The molecule has 1 fully saturated rings. The first-order valence-corrected chi connectivity index (χ1v) is 14.5. The Bertz CT molecular complexity index is 1490. The van der Waals surface area contributed by atoms with Crippen molar-refractivity contribution in [2.24, 2.45) is 5.14 Å². The molecule has 1 aromatic heterocycles. The molecule has 0 radical (unpaired) electrons. The molecule has 0 atom stereocenters. The average Bonchev–Trinajstić information content (AvgIpc) is 3.38. The molecule has 8 nitrogen and oxygen atoms in total. The number of oxazole rings is 1. The molecule has 0 saturated carbocycles. The van der Waals surface area contributed by atoms with Gasteiger partial charge in [0.25, 0.3) is 0 Å². The third-order valence-electron chi connectivity index (χ3n) is 6.90. The van der Waals surface area contributed by atoms with E-state index in [1.54, 1.807) is 12.1 Å². The summed E-state index contributed by atoms with van der Waals surface area (Å²) >= 11 is 0. The number of aryl methyl sites for hydroxylation is 1. The zero-order chi connectivity index (χ0) is 27.3. The number of nitrogens with two attached hydrogens (primary N) is 1. The predicted octanol–water partition coefficient (Wildman–Crippen LogP) is 4.80. The molecule has 1 aliphatic heterocycles. The molecule has 3 N–H and O–H groups in total. The van der Waals surface area contributed by atoms with E-state index in [9.17, 15) is 13.5 Å². The summed E-state index contributed by atoms with van der Waals surface area (Å²) in [6.45, 7) is 2.09. The van der Waals surface area contributed by atoms with E-state index in [2.05, 4.69) is 0 Å².